The summed E-state index contributed by atoms with van der Waals surface area (Å²) < 4.78 is 18.4. The molecule has 0 N–H and O–H groups in total. The Morgan fingerprint density at radius 1 is 1.14 bits per heavy atom. The van der Waals surface area contributed by atoms with Gasteiger partial charge in [-0.3, -0.25) is 9.78 Å². The van der Waals surface area contributed by atoms with Gasteiger partial charge in [-0.1, -0.05) is 24.3 Å². The highest BCUT2D eigenvalue weighted by Crippen LogP contribution is 2.23. The monoisotopic (exact) mass is 281 g/mol. The van der Waals surface area contributed by atoms with Crippen LogP contribution in [0.4, 0.5) is 4.39 Å². The minimum atomic E-state index is -0.495. The number of hydrogen-bond donors (Lipinski definition) is 0. The Morgan fingerprint density at radius 2 is 1.95 bits per heavy atom. The van der Waals surface area contributed by atoms with Crippen LogP contribution in [0.5, 0.6) is 5.75 Å². The smallest absolute Gasteiger partial charge is 0.195 e. The van der Waals surface area contributed by atoms with Gasteiger partial charge < -0.3 is 4.74 Å². The van der Waals surface area contributed by atoms with Crippen LogP contribution >= 0.6 is 0 Å². The molecule has 1 aromatic heterocycles. The molecule has 0 radical (unpaired) electrons. The van der Waals surface area contributed by atoms with Gasteiger partial charge >= 0.3 is 0 Å². The van der Waals surface area contributed by atoms with Crippen LogP contribution in [0.1, 0.15) is 15.9 Å². The number of carbonyl (C=O) groups excluding carboxylic acids is 1. The van der Waals surface area contributed by atoms with Gasteiger partial charge in [0.05, 0.1) is 7.11 Å². The average Bonchev–Trinajstić information content (AvgIpc) is 2.54. The first-order chi connectivity index (χ1) is 10.2. The van der Waals surface area contributed by atoms with Crippen LogP contribution in [0.15, 0.2) is 54.9 Å². The molecule has 3 aromatic rings. The molecule has 1 heterocycles. The second kappa shape index (κ2) is 5.32. The van der Waals surface area contributed by atoms with Crippen molar-refractivity contribution in [3.8, 4) is 5.75 Å². The van der Waals surface area contributed by atoms with Crippen LogP contribution in [-0.2, 0) is 0 Å². The van der Waals surface area contributed by atoms with Crippen molar-refractivity contribution in [1.29, 1.82) is 0 Å². The molecule has 104 valence electrons. The van der Waals surface area contributed by atoms with Crippen LogP contribution < -0.4 is 4.74 Å². The van der Waals surface area contributed by atoms with Crippen molar-refractivity contribution in [1.82, 2.24) is 4.98 Å². The lowest BCUT2D eigenvalue weighted by molar-refractivity contribution is 0.103. The molecule has 0 saturated carbocycles. The number of hydrogen-bond acceptors (Lipinski definition) is 3. The summed E-state index contributed by atoms with van der Waals surface area (Å²) in [6.07, 6.45) is 3.23. The van der Waals surface area contributed by atoms with Crippen LogP contribution in [-0.4, -0.2) is 17.9 Å². The third kappa shape index (κ3) is 2.36. The quantitative estimate of drug-likeness (QED) is 0.688. The average molecular weight is 281 g/mol. The predicted octanol–water partition coefficient (Wildman–Crippen LogP) is 3.61. The Bertz CT molecular complexity index is 825. The van der Waals surface area contributed by atoms with Crippen LogP contribution in [0.25, 0.3) is 10.8 Å². The Labute approximate surface area is 121 Å². The Hall–Kier alpha value is -2.75. The Kier molecular flexibility index (Phi) is 3.36. The van der Waals surface area contributed by atoms with Crippen molar-refractivity contribution < 1.29 is 13.9 Å². The lowest BCUT2D eigenvalue weighted by Crippen LogP contribution is -2.04. The van der Waals surface area contributed by atoms with Crippen LogP contribution in [0, 0.1) is 5.82 Å². The van der Waals surface area contributed by atoms with E-state index in [0.717, 1.165) is 10.8 Å². The van der Waals surface area contributed by atoms with Gasteiger partial charge in [-0.2, -0.15) is 0 Å². The molecule has 0 atom stereocenters. The van der Waals surface area contributed by atoms with E-state index in [4.69, 9.17) is 4.74 Å². The van der Waals surface area contributed by atoms with Crippen molar-refractivity contribution in [3.05, 3.63) is 71.8 Å². The molecule has 0 bridgehead atoms. The van der Waals surface area contributed by atoms with E-state index in [0.29, 0.717) is 11.1 Å². The highest BCUT2D eigenvalue weighted by Gasteiger charge is 2.15. The molecule has 21 heavy (non-hydrogen) atoms. The fourth-order valence-corrected chi connectivity index (χ4v) is 2.25. The fourth-order valence-electron chi connectivity index (χ4n) is 2.25. The third-order valence-corrected chi connectivity index (χ3v) is 3.33. The number of nitrogens with zero attached hydrogens (tertiary/aromatic N) is 1. The number of halogens is 1. The van der Waals surface area contributed by atoms with Crippen molar-refractivity contribution in [2.45, 2.75) is 0 Å². The molecule has 4 heteroatoms. The molecule has 0 aliphatic rings. The van der Waals surface area contributed by atoms with Crippen molar-refractivity contribution in [3.63, 3.8) is 0 Å². The van der Waals surface area contributed by atoms with Gasteiger partial charge in [0.2, 0.25) is 0 Å². The van der Waals surface area contributed by atoms with Gasteiger partial charge in [-0.05, 0) is 23.6 Å². The molecule has 0 saturated heterocycles. The van der Waals surface area contributed by atoms with E-state index >= 15 is 0 Å². The second-order valence-electron chi connectivity index (χ2n) is 4.59. The van der Waals surface area contributed by atoms with E-state index in [1.165, 1.54) is 31.5 Å². The normalized spacial score (nSPS) is 10.6. The summed E-state index contributed by atoms with van der Waals surface area (Å²) in [6.45, 7) is 0. The minimum Gasteiger partial charge on any atom is -0.494 e. The summed E-state index contributed by atoms with van der Waals surface area (Å²) in [7, 11) is 1.37. The molecule has 0 aliphatic carbocycles. The summed E-state index contributed by atoms with van der Waals surface area (Å²) in [5, 5.41) is 1.71. The zero-order valence-electron chi connectivity index (χ0n) is 11.3. The van der Waals surface area contributed by atoms with Gasteiger partial charge in [0, 0.05) is 28.9 Å². The van der Waals surface area contributed by atoms with Crippen LogP contribution in [0.2, 0.25) is 0 Å². The molecule has 2 aromatic carbocycles. The zero-order chi connectivity index (χ0) is 14.8. The number of benzene rings is 2. The molecular weight excluding hydrogens is 269 g/mol. The van der Waals surface area contributed by atoms with Crippen molar-refractivity contribution >= 4 is 16.6 Å². The predicted molar refractivity (Wildman–Crippen MR) is 78.1 cm³/mol. The number of methoxy groups -OCH3 is 1. The molecular formula is C17H12FNO2. The maximum Gasteiger partial charge on any atom is 0.195 e. The van der Waals surface area contributed by atoms with Gasteiger partial charge in [0.25, 0.3) is 0 Å². The van der Waals surface area contributed by atoms with E-state index in [1.54, 1.807) is 6.20 Å². The zero-order valence-corrected chi connectivity index (χ0v) is 11.3. The Balaban J connectivity index is 2.13. The van der Waals surface area contributed by atoms with Crippen molar-refractivity contribution in [2.75, 3.05) is 7.11 Å². The Morgan fingerprint density at radius 3 is 2.76 bits per heavy atom. The van der Waals surface area contributed by atoms with E-state index in [9.17, 15) is 9.18 Å². The highest BCUT2D eigenvalue weighted by molar-refractivity contribution is 6.16. The fraction of sp³-hybridized carbons (Fsp3) is 0.0588. The first-order valence-corrected chi connectivity index (χ1v) is 6.41. The maximum atomic E-state index is 13.4. The molecule has 0 unspecified atom stereocenters. The summed E-state index contributed by atoms with van der Waals surface area (Å²) >= 11 is 0. The topological polar surface area (TPSA) is 39.2 Å². The second-order valence-corrected chi connectivity index (χ2v) is 4.59. The lowest BCUT2D eigenvalue weighted by Gasteiger charge is -2.07. The number of aromatic nitrogens is 1. The maximum absolute atomic E-state index is 13.4. The van der Waals surface area contributed by atoms with Gasteiger partial charge in [-0.25, -0.2) is 4.39 Å². The first-order valence-electron chi connectivity index (χ1n) is 6.41. The molecule has 0 fully saturated rings. The SMILES string of the molecule is COc1cc(C(=O)c2cncc3ccccc23)ccc1F. The van der Waals surface area contributed by atoms with Gasteiger partial charge in [-0.15, -0.1) is 0 Å². The van der Waals surface area contributed by atoms with E-state index in [1.807, 2.05) is 24.3 Å². The van der Waals surface area contributed by atoms with E-state index in [2.05, 4.69) is 4.98 Å². The summed E-state index contributed by atoms with van der Waals surface area (Å²) in [4.78, 5) is 16.7. The lowest BCUT2D eigenvalue weighted by atomic mass is 9.99. The standard InChI is InChI=1S/C17H12FNO2/c1-21-16-8-11(6-7-15(16)18)17(20)14-10-19-9-12-4-2-3-5-13(12)14/h2-10H,1H3. The number of ketones is 1. The summed E-state index contributed by atoms with van der Waals surface area (Å²) in [6, 6.07) is 11.6. The highest BCUT2D eigenvalue weighted by atomic mass is 19.1. The first kappa shape index (κ1) is 13.2. The van der Waals surface area contributed by atoms with Crippen molar-refractivity contribution in [2.24, 2.45) is 0 Å². The summed E-state index contributed by atoms with van der Waals surface area (Å²) in [5.41, 5.74) is 0.855. The van der Waals surface area contributed by atoms with E-state index in [-0.39, 0.29) is 11.5 Å². The van der Waals surface area contributed by atoms with Crippen LogP contribution in [0.3, 0.4) is 0 Å². The largest absolute Gasteiger partial charge is 0.494 e. The number of rotatable bonds is 3. The number of carbonyl (C=O) groups is 1. The number of ether oxygens (including phenoxy) is 1. The minimum absolute atomic E-state index is 0.0500. The van der Waals surface area contributed by atoms with Gasteiger partial charge in [0.15, 0.2) is 17.3 Å². The molecule has 3 nitrogen and oxygen atoms in total. The summed E-state index contributed by atoms with van der Waals surface area (Å²) in [5.74, 6) is -0.656. The van der Waals surface area contributed by atoms with Gasteiger partial charge in [0.1, 0.15) is 0 Å². The molecule has 3 rings (SSSR count). The molecule has 0 amide bonds. The third-order valence-electron chi connectivity index (χ3n) is 3.33. The number of fused-ring (bicyclic) bond motifs is 1. The van der Waals surface area contributed by atoms with E-state index < -0.39 is 5.82 Å². The molecule has 0 aliphatic heterocycles. The molecule has 0 spiro atoms. The number of pyridine rings is 1.